The summed E-state index contributed by atoms with van der Waals surface area (Å²) in [5.41, 5.74) is 0. The van der Waals surface area contributed by atoms with Crippen molar-refractivity contribution in [2.24, 2.45) is 0 Å². The van der Waals surface area contributed by atoms with Crippen LogP contribution in [0, 0.1) is 0 Å². The molecule has 1 fully saturated rings. The molecule has 1 saturated heterocycles. The second-order valence-electron chi connectivity index (χ2n) is 6.12. The topological polar surface area (TPSA) is 158 Å². The van der Waals surface area contributed by atoms with Gasteiger partial charge in [0.05, 0.1) is 32.0 Å². The molecule has 1 aliphatic heterocycles. The molecule has 27 heavy (non-hydrogen) atoms. The van der Waals surface area contributed by atoms with Gasteiger partial charge in [-0.05, 0) is 6.92 Å². The van der Waals surface area contributed by atoms with E-state index in [-0.39, 0.29) is 12.4 Å². The van der Waals surface area contributed by atoms with Crippen LogP contribution in [-0.4, -0.2) is 117 Å². The van der Waals surface area contributed by atoms with Crippen LogP contribution in [0.15, 0.2) is 0 Å². The average molecular weight is 435 g/mol. The van der Waals surface area contributed by atoms with Gasteiger partial charge in [0.2, 0.25) is 0 Å². The Morgan fingerprint density at radius 1 is 1.11 bits per heavy atom. The van der Waals surface area contributed by atoms with E-state index in [0.717, 1.165) is 0 Å². The molecule has 0 bridgehead atoms. The van der Waals surface area contributed by atoms with Crippen LogP contribution in [0.3, 0.4) is 0 Å². The van der Waals surface area contributed by atoms with E-state index < -0.39 is 68.5 Å². The highest BCUT2D eigenvalue weighted by atomic mass is 32.1. The second kappa shape index (κ2) is 12.8. The molecule has 0 radical (unpaired) electrons. The summed E-state index contributed by atoms with van der Waals surface area (Å²) in [6.45, 7) is 0.288. The first kappa shape index (κ1) is 25.3. The van der Waals surface area contributed by atoms with Gasteiger partial charge in [-0.1, -0.05) is 0 Å². The standard InChI is InChI=1S/C15H30O10S2/c1-7(18)10(6-27)24-14(8(19)4-16)25-13-9(5-17)23-15(22-2-3-26)12(21)11(13)20/h7-21,26-27H,2-6H2,1H3/t7-,8+,9?,10?,11?,12?,13?,14?,15?/m1/s1. The zero-order valence-electron chi connectivity index (χ0n) is 14.9. The summed E-state index contributed by atoms with van der Waals surface area (Å²) in [6, 6.07) is 0. The van der Waals surface area contributed by atoms with Gasteiger partial charge < -0.3 is 49.6 Å². The van der Waals surface area contributed by atoms with Crippen molar-refractivity contribution in [2.75, 3.05) is 31.3 Å². The Morgan fingerprint density at radius 2 is 1.78 bits per heavy atom. The minimum absolute atomic E-state index is 0.0884. The van der Waals surface area contributed by atoms with Gasteiger partial charge >= 0.3 is 0 Å². The predicted molar refractivity (Wildman–Crippen MR) is 99.7 cm³/mol. The first-order chi connectivity index (χ1) is 12.8. The van der Waals surface area contributed by atoms with Crippen molar-refractivity contribution in [1.29, 1.82) is 0 Å². The van der Waals surface area contributed by atoms with Crippen molar-refractivity contribution in [1.82, 2.24) is 0 Å². The highest BCUT2D eigenvalue weighted by Crippen LogP contribution is 2.26. The number of rotatable bonds is 12. The minimum atomic E-state index is -1.54. The molecule has 6 N–H and O–H groups in total. The molecular weight excluding hydrogens is 404 g/mol. The van der Waals surface area contributed by atoms with Gasteiger partial charge in [-0.2, -0.15) is 25.3 Å². The molecular formula is C15H30O10S2. The maximum atomic E-state index is 10.4. The van der Waals surface area contributed by atoms with E-state index in [4.69, 9.17) is 18.9 Å². The molecule has 0 aliphatic carbocycles. The van der Waals surface area contributed by atoms with Crippen LogP contribution < -0.4 is 0 Å². The van der Waals surface area contributed by atoms with Gasteiger partial charge in [0.25, 0.3) is 0 Å². The first-order valence-electron chi connectivity index (χ1n) is 8.54. The zero-order chi connectivity index (χ0) is 20.6. The zero-order valence-corrected chi connectivity index (χ0v) is 16.7. The molecule has 1 heterocycles. The van der Waals surface area contributed by atoms with Crippen molar-refractivity contribution in [3.8, 4) is 0 Å². The van der Waals surface area contributed by atoms with Crippen molar-refractivity contribution < 1.29 is 49.6 Å². The number of hydrogen-bond donors (Lipinski definition) is 8. The Balaban J connectivity index is 2.91. The van der Waals surface area contributed by atoms with Gasteiger partial charge in [0, 0.05) is 11.5 Å². The lowest BCUT2D eigenvalue weighted by Crippen LogP contribution is -2.61. The Labute approximate surface area is 168 Å². The van der Waals surface area contributed by atoms with E-state index in [1.807, 2.05) is 0 Å². The SMILES string of the molecule is C[C@@H](O)C(CS)OC(OC1C(CO)OC(OCCS)C(O)C1O)[C@@H](O)CO. The van der Waals surface area contributed by atoms with Crippen molar-refractivity contribution >= 4 is 25.3 Å². The fourth-order valence-corrected chi connectivity index (χ4v) is 2.96. The Kier molecular flexibility index (Phi) is 12.0. The van der Waals surface area contributed by atoms with Crippen LogP contribution in [0.1, 0.15) is 6.92 Å². The monoisotopic (exact) mass is 434 g/mol. The third-order valence-electron chi connectivity index (χ3n) is 4.01. The molecule has 0 aromatic carbocycles. The van der Waals surface area contributed by atoms with Crippen molar-refractivity contribution in [2.45, 2.75) is 62.2 Å². The van der Waals surface area contributed by atoms with E-state index in [0.29, 0.717) is 5.75 Å². The number of hydrogen-bond acceptors (Lipinski definition) is 12. The Morgan fingerprint density at radius 3 is 2.26 bits per heavy atom. The smallest absolute Gasteiger partial charge is 0.186 e. The van der Waals surface area contributed by atoms with Gasteiger partial charge in [-0.25, -0.2) is 0 Å². The molecule has 12 heteroatoms. The fraction of sp³-hybridized carbons (Fsp3) is 1.00. The molecule has 10 nitrogen and oxygen atoms in total. The van der Waals surface area contributed by atoms with Crippen molar-refractivity contribution in [3.05, 3.63) is 0 Å². The van der Waals surface area contributed by atoms with Crippen LogP contribution in [0.4, 0.5) is 0 Å². The quantitative estimate of drug-likeness (QED) is 0.119. The lowest BCUT2D eigenvalue weighted by molar-refractivity contribution is -0.339. The first-order valence-corrected chi connectivity index (χ1v) is 9.80. The number of aliphatic hydroxyl groups excluding tert-OH is 6. The molecule has 0 spiro atoms. The summed E-state index contributed by atoms with van der Waals surface area (Å²) in [4.78, 5) is 0. The van der Waals surface area contributed by atoms with Gasteiger partial charge in [0.1, 0.15) is 30.5 Å². The number of thiol groups is 2. The molecule has 9 atom stereocenters. The third kappa shape index (κ3) is 7.24. The molecule has 0 saturated carbocycles. The van der Waals surface area contributed by atoms with Crippen LogP contribution >= 0.6 is 25.3 Å². The van der Waals surface area contributed by atoms with Crippen LogP contribution in [0.2, 0.25) is 0 Å². The normalized spacial score (nSPS) is 33.4. The molecule has 162 valence electrons. The molecule has 0 amide bonds. The lowest BCUT2D eigenvalue weighted by atomic mass is 9.99. The van der Waals surface area contributed by atoms with Crippen molar-refractivity contribution in [3.63, 3.8) is 0 Å². The highest BCUT2D eigenvalue weighted by molar-refractivity contribution is 7.80. The number of aliphatic hydroxyl groups is 6. The van der Waals surface area contributed by atoms with E-state index >= 15 is 0 Å². The predicted octanol–water partition coefficient (Wildman–Crippen LogP) is -2.87. The second-order valence-corrected chi connectivity index (χ2v) is 6.93. The number of ether oxygens (including phenoxy) is 4. The summed E-state index contributed by atoms with van der Waals surface area (Å²) in [7, 11) is 0. The van der Waals surface area contributed by atoms with E-state index in [1.54, 1.807) is 0 Å². The Hall–Kier alpha value is 0.300. The molecule has 0 aromatic rings. The summed E-state index contributed by atoms with van der Waals surface area (Å²) in [6.07, 6.45) is -11.5. The maximum absolute atomic E-state index is 10.4. The van der Waals surface area contributed by atoms with Gasteiger partial charge in [-0.3, -0.25) is 0 Å². The maximum Gasteiger partial charge on any atom is 0.186 e. The Bertz CT molecular complexity index is 403. The van der Waals surface area contributed by atoms with E-state index in [1.165, 1.54) is 6.92 Å². The van der Waals surface area contributed by atoms with Gasteiger partial charge in [-0.15, -0.1) is 0 Å². The van der Waals surface area contributed by atoms with E-state index in [2.05, 4.69) is 25.3 Å². The van der Waals surface area contributed by atoms with Crippen LogP contribution in [-0.2, 0) is 18.9 Å². The van der Waals surface area contributed by atoms with E-state index in [9.17, 15) is 30.6 Å². The summed E-state index contributed by atoms with van der Waals surface area (Å²) < 4.78 is 21.6. The molecule has 1 aliphatic rings. The summed E-state index contributed by atoms with van der Waals surface area (Å²) >= 11 is 8.02. The third-order valence-corrected chi connectivity index (χ3v) is 4.56. The van der Waals surface area contributed by atoms with Crippen LogP contribution in [0.25, 0.3) is 0 Å². The molecule has 7 unspecified atom stereocenters. The average Bonchev–Trinajstić information content (AvgIpc) is 2.66. The van der Waals surface area contributed by atoms with Crippen LogP contribution in [0.5, 0.6) is 0 Å². The summed E-state index contributed by atoms with van der Waals surface area (Å²) in [5.74, 6) is 0.445. The minimum Gasteiger partial charge on any atom is -0.394 e. The van der Waals surface area contributed by atoms with Gasteiger partial charge in [0.15, 0.2) is 12.6 Å². The lowest BCUT2D eigenvalue weighted by Gasteiger charge is -2.43. The largest absolute Gasteiger partial charge is 0.394 e. The molecule has 1 rings (SSSR count). The molecule has 0 aromatic heterocycles. The highest BCUT2D eigenvalue weighted by Gasteiger charge is 2.47. The summed E-state index contributed by atoms with van der Waals surface area (Å²) in [5, 5.41) is 59.0. The fourth-order valence-electron chi connectivity index (χ4n) is 2.46.